The minimum Gasteiger partial charge on any atom is -0.478 e. The molecule has 0 atom stereocenters. The Balaban J connectivity index is 3.18. The van der Waals surface area contributed by atoms with Gasteiger partial charge in [-0.05, 0) is 18.6 Å². The maximum Gasteiger partial charge on any atom is 0.338 e. The van der Waals surface area contributed by atoms with Crippen molar-refractivity contribution < 1.29 is 9.90 Å². The maximum atomic E-state index is 11.1. The van der Waals surface area contributed by atoms with Gasteiger partial charge in [0.2, 0.25) is 0 Å². The number of thioether (sulfide) groups is 1. The van der Waals surface area contributed by atoms with Crippen LogP contribution in [0.15, 0.2) is 17.3 Å². The van der Waals surface area contributed by atoms with Crippen LogP contribution in [0.1, 0.15) is 36.7 Å². The fourth-order valence-corrected chi connectivity index (χ4v) is 2.20. The minimum absolute atomic E-state index is 0.0367. The lowest BCUT2D eigenvalue weighted by atomic mass is 10.2. The van der Waals surface area contributed by atoms with Crippen LogP contribution in [0.25, 0.3) is 0 Å². The summed E-state index contributed by atoms with van der Waals surface area (Å²) in [4.78, 5) is 15.2. The fourth-order valence-electron chi connectivity index (χ4n) is 1.16. The van der Waals surface area contributed by atoms with Crippen molar-refractivity contribution >= 4 is 17.7 Å². The van der Waals surface area contributed by atoms with Gasteiger partial charge < -0.3 is 5.11 Å². The number of aryl methyl sites for hydroxylation is 1. The molecule has 0 aliphatic heterocycles. The predicted octanol–water partition coefficient (Wildman–Crippen LogP) is 2.98. The summed E-state index contributed by atoms with van der Waals surface area (Å²) in [5, 5.41) is 9.68. The molecule has 0 spiro atoms. The summed E-state index contributed by atoms with van der Waals surface area (Å²) >= 11 is 1.48. The van der Waals surface area contributed by atoms with Gasteiger partial charge in [0.25, 0.3) is 0 Å². The third-order valence-corrected chi connectivity index (χ3v) is 2.86. The summed E-state index contributed by atoms with van der Waals surface area (Å²) in [5.74, 6) is -0.910. The van der Waals surface area contributed by atoms with Crippen LogP contribution in [0.2, 0.25) is 0 Å². The number of hydrogen-bond acceptors (Lipinski definition) is 3. The number of pyridine rings is 1. The fraction of sp³-hybridized carbons (Fsp3) is 0.455. The molecule has 1 heterocycles. The molecule has 0 unspecified atom stereocenters. The van der Waals surface area contributed by atoms with Gasteiger partial charge in [-0.25, -0.2) is 9.78 Å². The van der Waals surface area contributed by atoms with Gasteiger partial charge in [0, 0.05) is 10.9 Å². The number of aromatic carboxylic acids is 1. The SMILES string of the molecule is Cc1ccnc(SC(C)(C)C)c1C(=O)O. The highest BCUT2D eigenvalue weighted by molar-refractivity contribution is 8.00. The van der Waals surface area contributed by atoms with Crippen molar-refractivity contribution in [2.75, 3.05) is 0 Å². The lowest BCUT2D eigenvalue weighted by Gasteiger charge is -2.18. The molecule has 0 aliphatic carbocycles. The Morgan fingerprint density at radius 3 is 2.53 bits per heavy atom. The number of rotatable bonds is 2. The van der Waals surface area contributed by atoms with Gasteiger partial charge >= 0.3 is 5.97 Å². The molecule has 0 bridgehead atoms. The van der Waals surface area contributed by atoms with Crippen LogP contribution < -0.4 is 0 Å². The standard InChI is InChI=1S/C11H15NO2S/c1-7-5-6-12-9(8(7)10(13)14)15-11(2,3)4/h5-6H,1-4H3,(H,13,14). The summed E-state index contributed by atoms with van der Waals surface area (Å²) in [7, 11) is 0. The van der Waals surface area contributed by atoms with Crippen LogP contribution in [0.4, 0.5) is 0 Å². The summed E-state index contributed by atoms with van der Waals surface area (Å²) in [6.07, 6.45) is 1.65. The third kappa shape index (κ3) is 3.23. The van der Waals surface area contributed by atoms with Crippen LogP contribution in [-0.4, -0.2) is 20.8 Å². The zero-order valence-electron chi connectivity index (χ0n) is 9.37. The molecule has 1 aromatic rings. The molecule has 3 nitrogen and oxygen atoms in total. The molecular formula is C11H15NO2S. The first kappa shape index (κ1) is 12.0. The molecule has 0 aliphatic rings. The molecule has 0 fully saturated rings. The van der Waals surface area contributed by atoms with E-state index in [1.807, 2.05) is 20.8 Å². The highest BCUT2D eigenvalue weighted by Gasteiger charge is 2.20. The molecule has 1 aromatic heterocycles. The number of aromatic nitrogens is 1. The summed E-state index contributed by atoms with van der Waals surface area (Å²) in [6.45, 7) is 7.89. The monoisotopic (exact) mass is 225 g/mol. The zero-order valence-corrected chi connectivity index (χ0v) is 10.2. The Labute approximate surface area is 93.9 Å². The molecule has 0 radical (unpaired) electrons. The molecule has 82 valence electrons. The van der Waals surface area contributed by atoms with Crippen LogP contribution in [0.5, 0.6) is 0 Å². The van der Waals surface area contributed by atoms with E-state index in [4.69, 9.17) is 5.11 Å². The van der Waals surface area contributed by atoms with E-state index >= 15 is 0 Å². The van der Waals surface area contributed by atoms with Crippen molar-refractivity contribution in [2.45, 2.75) is 37.5 Å². The quantitative estimate of drug-likeness (QED) is 0.786. The van der Waals surface area contributed by atoms with Crippen LogP contribution in [0, 0.1) is 6.92 Å². The van der Waals surface area contributed by atoms with Crippen molar-refractivity contribution in [3.63, 3.8) is 0 Å². The number of hydrogen-bond donors (Lipinski definition) is 1. The van der Waals surface area contributed by atoms with E-state index in [1.165, 1.54) is 11.8 Å². The molecule has 1 rings (SSSR count). The second-order valence-corrected chi connectivity index (χ2v) is 6.14. The average molecular weight is 225 g/mol. The normalized spacial score (nSPS) is 11.5. The topological polar surface area (TPSA) is 50.2 Å². The summed E-state index contributed by atoms with van der Waals surface area (Å²) < 4.78 is -0.0367. The van der Waals surface area contributed by atoms with E-state index < -0.39 is 5.97 Å². The van der Waals surface area contributed by atoms with Gasteiger partial charge in [-0.1, -0.05) is 32.5 Å². The van der Waals surface area contributed by atoms with Crippen LogP contribution in [-0.2, 0) is 0 Å². The smallest absolute Gasteiger partial charge is 0.338 e. The van der Waals surface area contributed by atoms with E-state index in [0.29, 0.717) is 10.6 Å². The van der Waals surface area contributed by atoms with Gasteiger partial charge in [-0.2, -0.15) is 0 Å². The Morgan fingerprint density at radius 1 is 1.47 bits per heavy atom. The largest absolute Gasteiger partial charge is 0.478 e. The highest BCUT2D eigenvalue weighted by atomic mass is 32.2. The van der Waals surface area contributed by atoms with Crippen molar-refractivity contribution in [3.05, 3.63) is 23.4 Å². The van der Waals surface area contributed by atoms with Crippen molar-refractivity contribution in [1.82, 2.24) is 4.98 Å². The van der Waals surface area contributed by atoms with Gasteiger partial charge in [-0.15, -0.1) is 0 Å². The summed E-state index contributed by atoms with van der Waals surface area (Å²) in [6, 6.07) is 1.72. The zero-order chi connectivity index (χ0) is 11.6. The van der Waals surface area contributed by atoms with Gasteiger partial charge in [0.1, 0.15) is 5.03 Å². The van der Waals surface area contributed by atoms with Gasteiger partial charge in [0.05, 0.1) is 5.56 Å². The minimum atomic E-state index is -0.910. The van der Waals surface area contributed by atoms with Crippen molar-refractivity contribution in [1.29, 1.82) is 0 Å². The highest BCUT2D eigenvalue weighted by Crippen LogP contribution is 2.33. The van der Waals surface area contributed by atoms with Gasteiger partial charge in [-0.3, -0.25) is 0 Å². The first-order valence-electron chi connectivity index (χ1n) is 4.69. The molecule has 0 saturated carbocycles. The van der Waals surface area contributed by atoms with E-state index in [1.54, 1.807) is 19.2 Å². The molecule has 15 heavy (non-hydrogen) atoms. The van der Waals surface area contributed by atoms with Crippen molar-refractivity contribution in [3.8, 4) is 0 Å². The van der Waals surface area contributed by atoms with Crippen LogP contribution in [0.3, 0.4) is 0 Å². The molecule has 0 aromatic carbocycles. The number of nitrogens with zero attached hydrogens (tertiary/aromatic N) is 1. The van der Waals surface area contributed by atoms with E-state index in [2.05, 4.69) is 4.98 Å². The Bertz CT molecular complexity index is 383. The molecule has 0 amide bonds. The van der Waals surface area contributed by atoms with Crippen molar-refractivity contribution in [2.24, 2.45) is 0 Å². The lowest BCUT2D eigenvalue weighted by molar-refractivity contribution is 0.0691. The van der Waals surface area contributed by atoms with E-state index in [0.717, 1.165) is 5.56 Å². The average Bonchev–Trinajstić information content (AvgIpc) is 1.99. The third-order valence-electron chi connectivity index (χ3n) is 1.74. The second-order valence-electron chi connectivity index (χ2n) is 4.33. The Hall–Kier alpha value is -1.03. The maximum absolute atomic E-state index is 11.1. The lowest BCUT2D eigenvalue weighted by Crippen LogP contribution is -2.11. The first-order chi connectivity index (χ1) is 6.81. The number of carboxylic acid groups (broad SMARTS) is 1. The van der Waals surface area contributed by atoms with E-state index in [9.17, 15) is 4.79 Å². The molecule has 4 heteroatoms. The number of carbonyl (C=O) groups is 1. The Morgan fingerprint density at radius 2 is 2.07 bits per heavy atom. The van der Waals surface area contributed by atoms with Gasteiger partial charge in [0.15, 0.2) is 0 Å². The summed E-state index contributed by atoms with van der Waals surface area (Å²) in [5.41, 5.74) is 1.07. The molecule has 0 saturated heterocycles. The predicted molar refractivity (Wildman–Crippen MR) is 61.5 cm³/mol. The number of carboxylic acids is 1. The van der Waals surface area contributed by atoms with Crippen LogP contribution >= 0.6 is 11.8 Å². The Kier molecular flexibility index (Phi) is 3.39. The second kappa shape index (κ2) is 4.23. The molecular weight excluding hydrogens is 210 g/mol. The molecule has 1 N–H and O–H groups in total. The first-order valence-corrected chi connectivity index (χ1v) is 5.51. The van der Waals surface area contributed by atoms with E-state index in [-0.39, 0.29) is 4.75 Å².